The summed E-state index contributed by atoms with van der Waals surface area (Å²) < 4.78 is 36.1. The van der Waals surface area contributed by atoms with Crippen molar-refractivity contribution in [2.75, 3.05) is 6.79 Å². The normalized spacial score (nSPS) is 10.4. The first kappa shape index (κ1) is 13.8. The van der Waals surface area contributed by atoms with Crippen LogP contribution in [-0.4, -0.2) is 29.9 Å². The number of rotatable bonds is 3. The van der Waals surface area contributed by atoms with Gasteiger partial charge in [-0.25, -0.2) is 13.4 Å². The summed E-state index contributed by atoms with van der Waals surface area (Å²) in [4.78, 5) is 3.33. The molecule has 0 saturated carbocycles. The van der Waals surface area contributed by atoms with Gasteiger partial charge in [-0.3, -0.25) is 0 Å². The molecule has 1 heterocycles. The first-order chi connectivity index (χ1) is 6.05. The zero-order valence-corrected chi connectivity index (χ0v) is 10.2. The van der Waals surface area contributed by atoms with Crippen molar-refractivity contribution in [3.05, 3.63) is 18.3 Å². The van der Waals surface area contributed by atoms with Crippen LogP contribution >= 0.6 is 0 Å². The van der Waals surface area contributed by atoms with Crippen LogP contribution in [0.5, 0.6) is 5.75 Å². The maximum atomic E-state index is 10.5. The van der Waals surface area contributed by atoms with Crippen molar-refractivity contribution in [3.63, 3.8) is 0 Å². The second-order valence-electron chi connectivity index (χ2n) is 2.03. The molecule has 0 bridgehead atoms. The second kappa shape index (κ2) is 5.64. The summed E-state index contributed by atoms with van der Waals surface area (Å²) in [5.41, 5.74) is 0. The van der Waals surface area contributed by atoms with Gasteiger partial charge in [-0.1, -0.05) is 0 Å². The molecule has 0 atom stereocenters. The number of ether oxygens (including phenoxy) is 1. The van der Waals surface area contributed by atoms with Crippen molar-refractivity contribution in [2.45, 2.75) is 5.03 Å². The SMILES string of the molecule is O=S(=O)([O-])c1ncccc1OCO.[Na+]. The summed E-state index contributed by atoms with van der Waals surface area (Å²) in [6.07, 6.45) is 1.15. The number of aliphatic hydroxyl groups is 1. The molecule has 1 aromatic rings. The van der Waals surface area contributed by atoms with Crippen LogP contribution in [0.4, 0.5) is 0 Å². The van der Waals surface area contributed by atoms with Crippen LogP contribution in [0, 0.1) is 0 Å². The number of aromatic nitrogens is 1. The summed E-state index contributed by atoms with van der Waals surface area (Å²) in [6, 6.07) is 2.62. The average molecular weight is 227 g/mol. The molecule has 0 aliphatic carbocycles. The van der Waals surface area contributed by atoms with E-state index >= 15 is 0 Å². The van der Waals surface area contributed by atoms with Crippen LogP contribution in [0.2, 0.25) is 0 Å². The molecule has 0 aromatic carbocycles. The van der Waals surface area contributed by atoms with Gasteiger partial charge >= 0.3 is 29.6 Å². The molecule has 0 spiro atoms. The van der Waals surface area contributed by atoms with Crippen LogP contribution in [0.1, 0.15) is 0 Å². The van der Waals surface area contributed by atoms with Crippen LogP contribution in [0.3, 0.4) is 0 Å². The summed E-state index contributed by atoms with van der Waals surface area (Å²) in [6.45, 7) is -0.714. The minimum absolute atomic E-state index is 0. The van der Waals surface area contributed by atoms with Crippen molar-refractivity contribution in [1.82, 2.24) is 4.98 Å². The van der Waals surface area contributed by atoms with Gasteiger partial charge in [0.15, 0.2) is 17.6 Å². The Morgan fingerprint density at radius 3 is 2.71 bits per heavy atom. The van der Waals surface area contributed by atoms with Gasteiger partial charge in [0.25, 0.3) is 0 Å². The van der Waals surface area contributed by atoms with E-state index in [0.717, 1.165) is 6.20 Å². The molecule has 1 rings (SSSR count). The van der Waals surface area contributed by atoms with Crippen molar-refractivity contribution < 1.29 is 52.4 Å². The third kappa shape index (κ3) is 3.52. The zero-order chi connectivity index (χ0) is 9.90. The molecule has 0 radical (unpaired) electrons. The average Bonchev–Trinajstić information content (AvgIpc) is 2.04. The third-order valence-corrected chi connectivity index (χ3v) is 1.97. The Kier molecular flexibility index (Phi) is 5.57. The van der Waals surface area contributed by atoms with Crippen LogP contribution in [0.25, 0.3) is 0 Å². The van der Waals surface area contributed by atoms with Gasteiger partial charge in [-0.05, 0) is 12.1 Å². The molecule has 0 unspecified atom stereocenters. The molecule has 14 heavy (non-hydrogen) atoms. The van der Waals surface area contributed by atoms with E-state index in [1.165, 1.54) is 12.1 Å². The summed E-state index contributed by atoms with van der Waals surface area (Å²) in [5.74, 6) is -0.250. The molecule has 1 aromatic heterocycles. The molecule has 8 heteroatoms. The summed E-state index contributed by atoms with van der Waals surface area (Å²) in [7, 11) is -4.65. The Morgan fingerprint density at radius 1 is 1.57 bits per heavy atom. The molecule has 72 valence electrons. The van der Waals surface area contributed by atoms with Gasteiger partial charge in [0.05, 0.1) is 0 Å². The van der Waals surface area contributed by atoms with E-state index in [2.05, 4.69) is 9.72 Å². The van der Waals surface area contributed by atoms with Gasteiger partial charge in [0.2, 0.25) is 0 Å². The predicted molar refractivity (Wildman–Crippen MR) is 39.9 cm³/mol. The van der Waals surface area contributed by atoms with Crippen LogP contribution in [-0.2, 0) is 10.1 Å². The van der Waals surface area contributed by atoms with Crippen molar-refractivity contribution in [1.29, 1.82) is 0 Å². The monoisotopic (exact) mass is 227 g/mol. The van der Waals surface area contributed by atoms with Crippen molar-refractivity contribution in [3.8, 4) is 5.75 Å². The number of pyridine rings is 1. The zero-order valence-electron chi connectivity index (χ0n) is 7.37. The fraction of sp³-hybridized carbons (Fsp3) is 0.167. The maximum absolute atomic E-state index is 10.5. The minimum Gasteiger partial charge on any atom is -0.743 e. The van der Waals surface area contributed by atoms with E-state index in [0.29, 0.717) is 0 Å². The molecule has 0 amide bonds. The van der Waals surface area contributed by atoms with E-state index < -0.39 is 21.9 Å². The molecule has 6 nitrogen and oxygen atoms in total. The first-order valence-corrected chi connectivity index (χ1v) is 4.61. The molecule has 1 N–H and O–H groups in total. The van der Waals surface area contributed by atoms with Gasteiger partial charge in [-0.2, -0.15) is 0 Å². The van der Waals surface area contributed by atoms with Gasteiger partial charge in [0.1, 0.15) is 10.1 Å². The fourth-order valence-corrected chi connectivity index (χ4v) is 1.31. The summed E-state index contributed by atoms with van der Waals surface area (Å²) in [5, 5.41) is 7.64. The van der Waals surface area contributed by atoms with Gasteiger partial charge in [-0.15, -0.1) is 0 Å². The Hall–Kier alpha value is -0.180. The van der Waals surface area contributed by atoms with E-state index in [4.69, 9.17) is 5.11 Å². The van der Waals surface area contributed by atoms with Crippen molar-refractivity contribution in [2.24, 2.45) is 0 Å². The fourth-order valence-electron chi connectivity index (χ4n) is 0.743. The van der Waals surface area contributed by atoms with E-state index in [9.17, 15) is 13.0 Å². The molecule has 0 aliphatic rings. The topological polar surface area (TPSA) is 99.6 Å². The quantitative estimate of drug-likeness (QED) is 0.324. The van der Waals surface area contributed by atoms with E-state index in [1.54, 1.807) is 0 Å². The molecule has 0 aliphatic heterocycles. The Labute approximate surface area is 103 Å². The number of hydrogen-bond donors (Lipinski definition) is 1. The first-order valence-electron chi connectivity index (χ1n) is 3.20. The van der Waals surface area contributed by atoms with Crippen molar-refractivity contribution >= 4 is 10.1 Å². The Balaban J connectivity index is 0.00000169. The molecule has 0 saturated heterocycles. The second-order valence-corrected chi connectivity index (χ2v) is 3.33. The number of nitrogens with zero attached hydrogens (tertiary/aromatic N) is 1. The van der Waals surface area contributed by atoms with E-state index in [1.807, 2.05) is 0 Å². The minimum atomic E-state index is -4.65. The molecular weight excluding hydrogens is 221 g/mol. The Bertz CT molecular complexity index is 393. The largest absolute Gasteiger partial charge is 1.00 e. The number of hydrogen-bond acceptors (Lipinski definition) is 6. The Morgan fingerprint density at radius 2 is 2.21 bits per heavy atom. The third-order valence-electron chi connectivity index (χ3n) is 1.19. The van der Waals surface area contributed by atoms with Gasteiger partial charge < -0.3 is 14.4 Å². The maximum Gasteiger partial charge on any atom is 1.00 e. The smallest absolute Gasteiger partial charge is 0.743 e. The number of aliphatic hydroxyl groups excluding tert-OH is 1. The van der Waals surface area contributed by atoms with Crippen LogP contribution < -0.4 is 34.3 Å². The van der Waals surface area contributed by atoms with E-state index in [-0.39, 0.29) is 35.3 Å². The van der Waals surface area contributed by atoms with Gasteiger partial charge in [0, 0.05) is 6.20 Å². The molecule has 0 fully saturated rings. The standard InChI is InChI=1S/C6H7NO5S.Na/c8-4-12-5-2-1-3-7-6(5)13(9,10)11;/h1-3,8H,4H2,(H,9,10,11);/q;+1/p-1. The molecular formula is C6H6NNaO5S. The van der Waals surface area contributed by atoms with Crippen LogP contribution in [0.15, 0.2) is 23.4 Å². The predicted octanol–water partition coefficient (Wildman–Crippen LogP) is -3.68. The summed E-state index contributed by atoms with van der Waals surface area (Å²) >= 11 is 0.